The molecule has 2 rings (SSSR count). The third kappa shape index (κ3) is 2.73. The average Bonchev–Trinajstić information content (AvgIpc) is 2.66. The van der Waals surface area contributed by atoms with Gasteiger partial charge in [-0.2, -0.15) is 0 Å². The molecule has 0 spiro atoms. The number of nitro groups is 1. The number of carbonyl (C=O) groups excluding carboxylic acids is 1. The number of nitrogens with zero attached hydrogens (tertiary/aromatic N) is 2. The van der Waals surface area contributed by atoms with Crippen molar-refractivity contribution in [2.45, 2.75) is 13.8 Å². The van der Waals surface area contributed by atoms with Crippen molar-refractivity contribution in [3.63, 3.8) is 0 Å². The van der Waals surface area contributed by atoms with Crippen LogP contribution in [0.4, 0.5) is 5.69 Å². The highest BCUT2D eigenvalue weighted by Crippen LogP contribution is 2.33. The average molecular weight is 308 g/mol. The molecule has 0 N–H and O–H groups in total. The second-order valence-electron chi connectivity index (χ2n) is 4.23. The van der Waals surface area contributed by atoms with Crippen LogP contribution in [0, 0.1) is 17.0 Å². The van der Waals surface area contributed by atoms with Crippen molar-refractivity contribution in [1.29, 1.82) is 0 Å². The van der Waals surface area contributed by atoms with Crippen LogP contribution >= 0.6 is 24.0 Å². The van der Waals surface area contributed by atoms with E-state index in [0.29, 0.717) is 26.9 Å². The lowest BCUT2D eigenvalue weighted by atomic mass is 10.1. The van der Waals surface area contributed by atoms with E-state index in [1.165, 1.54) is 22.7 Å². The third-order valence-corrected chi connectivity index (χ3v) is 4.30. The molecule has 0 bridgehead atoms. The number of amides is 1. The van der Waals surface area contributed by atoms with E-state index in [1.807, 2.05) is 6.92 Å². The van der Waals surface area contributed by atoms with Crippen molar-refractivity contribution < 1.29 is 9.72 Å². The zero-order valence-electron chi connectivity index (χ0n) is 11.0. The summed E-state index contributed by atoms with van der Waals surface area (Å²) in [5.41, 5.74) is 1.26. The van der Waals surface area contributed by atoms with E-state index in [0.717, 1.165) is 0 Å². The summed E-state index contributed by atoms with van der Waals surface area (Å²) >= 11 is 6.34. The normalized spacial score (nSPS) is 17.1. The van der Waals surface area contributed by atoms with E-state index in [9.17, 15) is 14.9 Å². The molecule has 1 fully saturated rings. The Morgan fingerprint density at radius 3 is 2.75 bits per heavy atom. The van der Waals surface area contributed by atoms with Crippen LogP contribution in [-0.2, 0) is 4.79 Å². The van der Waals surface area contributed by atoms with Gasteiger partial charge in [0.1, 0.15) is 4.32 Å². The fourth-order valence-corrected chi connectivity index (χ4v) is 3.22. The predicted octanol–water partition coefficient (Wildman–Crippen LogP) is 3.12. The number of nitro benzene ring substituents is 1. The lowest BCUT2D eigenvalue weighted by Gasteiger charge is -2.09. The highest BCUT2D eigenvalue weighted by Gasteiger charge is 2.30. The fraction of sp³-hybridized carbons (Fsp3) is 0.231. The van der Waals surface area contributed by atoms with E-state index >= 15 is 0 Å². The van der Waals surface area contributed by atoms with Crippen LogP contribution in [0.1, 0.15) is 18.1 Å². The van der Waals surface area contributed by atoms with Gasteiger partial charge in [-0.05, 0) is 25.5 Å². The molecule has 0 unspecified atom stereocenters. The quantitative estimate of drug-likeness (QED) is 0.371. The Hall–Kier alpha value is -1.73. The molecule has 0 atom stereocenters. The van der Waals surface area contributed by atoms with Gasteiger partial charge >= 0.3 is 0 Å². The molecule has 7 heteroatoms. The van der Waals surface area contributed by atoms with Gasteiger partial charge in [-0.3, -0.25) is 19.8 Å². The SMILES string of the molecule is CCN1C(=O)/C(=C/c2ccc(C)c([N+](=O)[O-])c2)SC1=S. The molecule has 104 valence electrons. The van der Waals surface area contributed by atoms with E-state index in [-0.39, 0.29) is 11.6 Å². The van der Waals surface area contributed by atoms with Gasteiger partial charge in [-0.1, -0.05) is 36.1 Å². The molecule has 0 aliphatic carbocycles. The highest BCUT2D eigenvalue weighted by atomic mass is 32.2. The van der Waals surface area contributed by atoms with Gasteiger partial charge in [-0.15, -0.1) is 0 Å². The molecule has 0 aromatic heterocycles. The van der Waals surface area contributed by atoms with Crippen LogP contribution in [0.5, 0.6) is 0 Å². The maximum absolute atomic E-state index is 12.1. The number of thioether (sulfide) groups is 1. The predicted molar refractivity (Wildman–Crippen MR) is 83.4 cm³/mol. The van der Waals surface area contributed by atoms with Gasteiger partial charge < -0.3 is 0 Å². The first-order valence-electron chi connectivity index (χ1n) is 5.94. The number of carbonyl (C=O) groups is 1. The van der Waals surface area contributed by atoms with Gasteiger partial charge in [0.25, 0.3) is 11.6 Å². The van der Waals surface area contributed by atoms with Crippen LogP contribution in [0.15, 0.2) is 23.1 Å². The topological polar surface area (TPSA) is 63.5 Å². The van der Waals surface area contributed by atoms with Gasteiger partial charge in [0.2, 0.25) is 0 Å². The first-order valence-corrected chi connectivity index (χ1v) is 7.17. The lowest BCUT2D eigenvalue weighted by molar-refractivity contribution is -0.385. The molecule has 1 amide bonds. The van der Waals surface area contributed by atoms with E-state index in [4.69, 9.17) is 12.2 Å². The first kappa shape index (κ1) is 14.7. The zero-order valence-corrected chi connectivity index (χ0v) is 12.6. The number of hydrogen-bond donors (Lipinski definition) is 0. The summed E-state index contributed by atoms with van der Waals surface area (Å²) < 4.78 is 0.519. The Morgan fingerprint density at radius 2 is 2.20 bits per heavy atom. The molecule has 1 aromatic carbocycles. The number of aryl methyl sites for hydroxylation is 1. The van der Waals surface area contributed by atoms with Crippen LogP contribution in [-0.4, -0.2) is 26.6 Å². The summed E-state index contributed by atoms with van der Waals surface area (Å²) in [6, 6.07) is 4.89. The number of hydrogen-bond acceptors (Lipinski definition) is 5. The number of likely N-dealkylation sites (N-methyl/N-ethyl adjacent to an activating group) is 1. The second kappa shape index (κ2) is 5.72. The van der Waals surface area contributed by atoms with E-state index in [1.54, 1.807) is 25.1 Å². The van der Waals surface area contributed by atoms with Crippen molar-refractivity contribution in [1.82, 2.24) is 4.90 Å². The van der Waals surface area contributed by atoms with Gasteiger partial charge in [0.15, 0.2) is 0 Å². The molecule has 20 heavy (non-hydrogen) atoms. The Kier molecular flexibility index (Phi) is 4.20. The standard InChI is InChI=1S/C13H12N2O3S2/c1-3-14-12(16)11(20-13(14)19)7-9-5-4-8(2)10(6-9)15(17)18/h4-7H,3H2,1-2H3/b11-7-. The molecule has 0 radical (unpaired) electrons. The molecular formula is C13H12N2O3S2. The summed E-state index contributed by atoms with van der Waals surface area (Å²) in [5.74, 6) is -0.147. The van der Waals surface area contributed by atoms with Crippen molar-refractivity contribution in [2.24, 2.45) is 0 Å². The maximum Gasteiger partial charge on any atom is 0.272 e. The molecule has 1 aromatic rings. The van der Waals surface area contributed by atoms with E-state index < -0.39 is 4.92 Å². The van der Waals surface area contributed by atoms with Crippen LogP contribution in [0.25, 0.3) is 6.08 Å². The van der Waals surface area contributed by atoms with Crippen LogP contribution in [0.2, 0.25) is 0 Å². The third-order valence-electron chi connectivity index (χ3n) is 2.92. The van der Waals surface area contributed by atoms with Crippen molar-refractivity contribution in [2.75, 3.05) is 6.54 Å². The van der Waals surface area contributed by atoms with Gasteiger partial charge in [0, 0.05) is 18.2 Å². The summed E-state index contributed by atoms with van der Waals surface area (Å²) in [4.78, 5) is 24.5. The molecule has 1 heterocycles. The first-order chi connectivity index (χ1) is 9.43. The summed E-state index contributed by atoms with van der Waals surface area (Å²) in [7, 11) is 0. The largest absolute Gasteiger partial charge is 0.293 e. The van der Waals surface area contributed by atoms with Crippen LogP contribution < -0.4 is 0 Å². The van der Waals surface area contributed by atoms with Crippen molar-refractivity contribution in [3.8, 4) is 0 Å². The van der Waals surface area contributed by atoms with Crippen molar-refractivity contribution >= 4 is 46.0 Å². The highest BCUT2D eigenvalue weighted by molar-refractivity contribution is 8.26. The van der Waals surface area contributed by atoms with E-state index in [2.05, 4.69) is 0 Å². The molecule has 1 aliphatic rings. The maximum atomic E-state index is 12.1. The number of thiocarbonyl (C=S) groups is 1. The van der Waals surface area contributed by atoms with Gasteiger partial charge in [-0.25, -0.2) is 0 Å². The second-order valence-corrected chi connectivity index (χ2v) is 5.90. The molecule has 1 saturated heterocycles. The fourth-order valence-electron chi connectivity index (χ4n) is 1.84. The lowest BCUT2D eigenvalue weighted by Crippen LogP contribution is -2.27. The minimum Gasteiger partial charge on any atom is -0.293 e. The van der Waals surface area contributed by atoms with Gasteiger partial charge in [0.05, 0.1) is 9.83 Å². The minimum atomic E-state index is -0.427. The Bertz CT molecular complexity index is 641. The Morgan fingerprint density at radius 1 is 1.50 bits per heavy atom. The Labute approximate surface area is 125 Å². The van der Waals surface area contributed by atoms with Crippen molar-refractivity contribution in [3.05, 3.63) is 44.3 Å². The summed E-state index contributed by atoms with van der Waals surface area (Å²) in [5, 5.41) is 10.9. The minimum absolute atomic E-state index is 0.0460. The van der Waals surface area contributed by atoms with Crippen LogP contribution in [0.3, 0.4) is 0 Å². The monoisotopic (exact) mass is 308 g/mol. The number of benzene rings is 1. The summed E-state index contributed by atoms with van der Waals surface area (Å²) in [6.07, 6.45) is 1.64. The summed E-state index contributed by atoms with van der Waals surface area (Å²) in [6.45, 7) is 4.05. The molecule has 0 saturated carbocycles. The molecular weight excluding hydrogens is 296 g/mol. The molecule has 5 nitrogen and oxygen atoms in total. The Balaban J connectivity index is 2.37. The molecule has 1 aliphatic heterocycles. The smallest absolute Gasteiger partial charge is 0.272 e. The zero-order chi connectivity index (χ0) is 14.9. The number of rotatable bonds is 3.